The Morgan fingerprint density at radius 3 is 2.43 bits per heavy atom. The van der Waals surface area contributed by atoms with Gasteiger partial charge in [-0.25, -0.2) is 4.68 Å². The quantitative estimate of drug-likeness (QED) is 0.687. The van der Waals surface area contributed by atoms with Gasteiger partial charge in [0.2, 0.25) is 0 Å². The van der Waals surface area contributed by atoms with Gasteiger partial charge in [0.1, 0.15) is 12.4 Å². The summed E-state index contributed by atoms with van der Waals surface area (Å²) in [6, 6.07) is 16.6. The summed E-state index contributed by atoms with van der Waals surface area (Å²) in [7, 11) is 0. The molecule has 0 bridgehead atoms. The molecule has 0 saturated heterocycles. The minimum absolute atomic E-state index is 0.602. The summed E-state index contributed by atoms with van der Waals surface area (Å²) in [6.07, 6.45) is 3.00. The van der Waals surface area contributed by atoms with Crippen molar-refractivity contribution in [2.75, 3.05) is 0 Å². The molecule has 0 aliphatic carbocycles. The molecule has 0 aliphatic rings. The van der Waals surface area contributed by atoms with Gasteiger partial charge < -0.3 is 4.74 Å². The van der Waals surface area contributed by atoms with E-state index in [0.717, 1.165) is 29.1 Å². The van der Waals surface area contributed by atoms with Crippen molar-refractivity contribution in [3.05, 3.63) is 77.1 Å². The second-order valence-corrected chi connectivity index (χ2v) is 5.76. The van der Waals surface area contributed by atoms with E-state index in [0.29, 0.717) is 6.61 Å². The maximum atomic E-state index is 6.03. The van der Waals surface area contributed by atoms with E-state index in [4.69, 9.17) is 4.74 Å². The highest BCUT2D eigenvalue weighted by Crippen LogP contribution is 2.23. The first kappa shape index (κ1) is 15.3. The maximum absolute atomic E-state index is 6.03. The molecule has 3 rings (SSSR count). The SMILES string of the molecule is CCc1ccccc1COc1ccc(-n2ccc(C)n2)cc1C. The lowest BCUT2D eigenvalue weighted by Crippen LogP contribution is -2.02. The summed E-state index contributed by atoms with van der Waals surface area (Å²) < 4.78 is 7.92. The average Bonchev–Trinajstić information content (AvgIpc) is 3.00. The van der Waals surface area contributed by atoms with Gasteiger partial charge in [0.25, 0.3) is 0 Å². The molecule has 1 aromatic heterocycles. The van der Waals surface area contributed by atoms with Crippen LogP contribution in [0.15, 0.2) is 54.7 Å². The van der Waals surface area contributed by atoms with Crippen molar-refractivity contribution >= 4 is 0 Å². The average molecular weight is 306 g/mol. The Kier molecular flexibility index (Phi) is 4.47. The summed E-state index contributed by atoms with van der Waals surface area (Å²) in [6.45, 7) is 6.84. The van der Waals surface area contributed by atoms with Crippen LogP contribution in [-0.2, 0) is 13.0 Å². The Hall–Kier alpha value is -2.55. The van der Waals surface area contributed by atoms with Gasteiger partial charge in [-0.3, -0.25) is 0 Å². The van der Waals surface area contributed by atoms with E-state index in [1.807, 2.05) is 36.0 Å². The van der Waals surface area contributed by atoms with Crippen molar-refractivity contribution in [2.24, 2.45) is 0 Å². The molecule has 0 saturated carbocycles. The van der Waals surface area contributed by atoms with Crippen LogP contribution in [0.3, 0.4) is 0 Å². The third-order valence-corrected chi connectivity index (χ3v) is 4.03. The topological polar surface area (TPSA) is 27.1 Å². The summed E-state index contributed by atoms with van der Waals surface area (Å²) in [4.78, 5) is 0. The first-order valence-electron chi connectivity index (χ1n) is 8.00. The molecule has 23 heavy (non-hydrogen) atoms. The molecule has 0 unspecified atom stereocenters. The van der Waals surface area contributed by atoms with Crippen LogP contribution in [0.1, 0.15) is 29.3 Å². The van der Waals surface area contributed by atoms with Crippen molar-refractivity contribution < 1.29 is 4.74 Å². The van der Waals surface area contributed by atoms with Gasteiger partial charge in [0.05, 0.1) is 11.4 Å². The van der Waals surface area contributed by atoms with Gasteiger partial charge in [-0.15, -0.1) is 0 Å². The first-order valence-corrected chi connectivity index (χ1v) is 8.00. The molecule has 1 heterocycles. The highest BCUT2D eigenvalue weighted by atomic mass is 16.5. The predicted octanol–water partition coefficient (Wildman–Crippen LogP) is 4.63. The Morgan fingerprint density at radius 1 is 1.00 bits per heavy atom. The van der Waals surface area contributed by atoms with Crippen LogP contribution in [0.4, 0.5) is 0 Å². The molecule has 3 heteroatoms. The number of aromatic nitrogens is 2. The Labute approximate surface area is 137 Å². The molecule has 3 aromatic rings. The van der Waals surface area contributed by atoms with Crippen molar-refractivity contribution in [2.45, 2.75) is 33.8 Å². The third kappa shape index (κ3) is 3.45. The fourth-order valence-corrected chi connectivity index (χ4v) is 2.70. The number of nitrogens with zero attached hydrogens (tertiary/aromatic N) is 2. The molecule has 0 N–H and O–H groups in total. The van der Waals surface area contributed by atoms with Crippen LogP contribution >= 0.6 is 0 Å². The highest BCUT2D eigenvalue weighted by molar-refractivity contribution is 5.43. The zero-order valence-electron chi connectivity index (χ0n) is 13.9. The van der Waals surface area contributed by atoms with Crippen LogP contribution in [0, 0.1) is 13.8 Å². The molecule has 118 valence electrons. The van der Waals surface area contributed by atoms with E-state index >= 15 is 0 Å². The minimum atomic E-state index is 0.602. The van der Waals surface area contributed by atoms with E-state index < -0.39 is 0 Å². The third-order valence-electron chi connectivity index (χ3n) is 4.03. The van der Waals surface area contributed by atoms with Crippen LogP contribution in [-0.4, -0.2) is 9.78 Å². The first-order chi connectivity index (χ1) is 11.2. The molecule has 2 aromatic carbocycles. The summed E-state index contributed by atoms with van der Waals surface area (Å²) >= 11 is 0. The van der Waals surface area contributed by atoms with Crippen LogP contribution in [0.25, 0.3) is 5.69 Å². The summed E-state index contributed by atoms with van der Waals surface area (Å²) in [5.41, 5.74) is 5.77. The molecule has 3 nitrogen and oxygen atoms in total. The van der Waals surface area contributed by atoms with Crippen molar-refractivity contribution in [1.29, 1.82) is 0 Å². The molecular weight excluding hydrogens is 284 g/mol. The molecule has 0 aliphatic heterocycles. The van der Waals surface area contributed by atoms with Crippen molar-refractivity contribution in [3.8, 4) is 11.4 Å². The molecule has 0 amide bonds. The lowest BCUT2D eigenvalue weighted by atomic mass is 10.1. The number of rotatable bonds is 5. The van der Waals surface area contributed by atoms with Gasteiger partial charge >= 0.3 is 0 Å². The maximum Gasteiger partial charge on any atom is 0.122 e. The second-order valence-electron chi connectivity index (χ2n) is 5.76. The van der Waals surface area contributed by atoms with Gasteiger partial charge in [-0.2, -0.15) is 5.10 Å². The fraction of sp³-hybridized carbons (Fsp3) is 0.250. The predicted molar refractivity (Wildman–Crippen MR) is 93.2 cm³/mol. The largest absolute Gasteiger partial charge is 0.489 e. The number of hydrogen-bond acceptors (Lipinski definition) is 2. The number of hydrogen-bond donors (Lipinski definition) is 0. The zero-order chi connectivity index (χ0) is 16.2. The van der Waals surface area contributed by atoms with Crippen LogP contribution in [0.5, 0.6) is 5.75 Å². The lowest BCUT2D eigenvalue weighted by molar-refractivity contribution is 0.303. The van der Waals surface area contributed by atoms with Gasteiger partial charge in [0.15, 0.2) is 0 Å². The van der Waals surface area contributed by atoms with Gasteiger partial charge in [0, 0.05) is 6.20 Å². The number of aryl methyl sites for hydroxylation is 3. The smallest absolute Gasteiger partial charge is 0.122 e. The standard InChI is InChI=1S/C20H22N2O/c1-4-17-7-5-6-8-18(17)14-23-20-10-9-19(13-15(20)2)22-12-11-16(3)21-22/h5-13H,4,14H2,1-3H3. The molecule has 0 spiro atoms. The minimum Gasteiger partial charge on any atom is -0.489 e. The van der Waals surface area contributed by atoms with E-state index in [2.05, 4.69) is 49.3 Å². The molecule has 0 fully saturated rings. The Morgan fingerprint density at radius 2 is 1.78 bits per heavy atom. The summed E-state index contributed by atoms with van der Waals surface area (Å²) in [5, 5.41) is 4.44. The zero-order valence-corrected chi connectivity index (χ0v) is 13.9. The van der Waals surface area contributed by atoms with Crippen molar-refractivity contribution in [3.63, 3.8) is 0 Å². The number of ether oxygens (including phenoxy) is 1. The Balaban J connectivity index is 1.76. The second kappa shape index (κ2) is 6.69. The van der Waals surface area contributed by atoms with Crippen molar-refractivity contribution in [1.82, 2.24) is 9.78 Å². The normalized spacial score (nSPS) is 10.7. The van der Waals surface area contributed by atoms with E-state index in [1.165, 1.54) is 11.1 Å². The lowest BCUT2D eigenvalue weighted by Gasteiger charge is -2.13. The van der Waals surface area contributed by atoms with Gasteiger partial charge in [-0.05, 0) is 61.2 Å². The molecule has 0 radical (unpaired) electrons. The van der Waals surface area contributed by atoms with Crippen LogP contribution in [0.2, 0.25) is 0 Å². The van der Waals surface area contributed by atoms with E-state index in [9.17, 15) is 0 Å². The number of benzene rings is 2. The van der Waals surface area contributed by atoms with E-state index in [-0.39, 0.29) is 0 Å². The fourth-order valence-electron chi connectivity index (χ4n) is 2.70. The summed E-state index contributed by atoms with van der Waals surface area (Å²) in [5.74, 6) is 0.920. The van der Waals surface area contributed by atoms with Crippen LogP contribution < -0.4 is 4.74 Å². The monoisotopic (exact) mass is 306 g/mol. The molecular formula is C20H22N2O. The molecule has 0 atom stereocenters. The Bertz CT molecular complexity index is 805. The van der Waals surface area contributed by atoms with Gasteiger partial charge in [-0.1, -0.05) is 31.2 Å². The van der Waals surface area contributed by atoms with E-state index in [1.54, 1.807) is 0 Å². The highest BCUT2D eigenvalue weighted by Gasteiger charge is 2.06.